The molecule has 0 spiro atoms. The molecule has 0 saturated carbocycles. The highest BCUT2D eigenvalue weighted by Gasteiger charge is 2.28. The maximum atomic E-state index is 10.3. The maximum Gasteiger partial charge on any atom is 0.129 e. The van der Waals surface area contributed by atoms with Crippen molar-refractivity contribution in [3.05, 3.63) is 0 Å². The molecule has 16 heavy (non-hydrogen) atoms. The summed E-state index contributed by atoms with van der Waals surface area (Å²) in [5, 5.41) is 10.3. The Bertz CT molecular complexity index is 259. The number of hydrogen-bond donors (Lipinski definition) is 1. The van der Waals surface area contributed by atoms with Gasteiger partial charge in [0.25, 0.3) is 0 Å². The summed E-state index contributed by atoms with van der Waals surface area (Å²) in [5.74, 6) is 3.46. The first-order chi connectivity index (χ1) is 7.08. The van der Waals surface area contributed by atoms with Crippen molar-refractivity contribution in [3.8, 4) is 11.5 Å². The van der Waals surface area contributed by atoms with Crippen molar-refractivity contribution >= 4 is 8.07 Å². The van der Waals surface area contributed by atoms with E-state index in [1.807, 2.05) is 0 Å². The van der Waals surface area contributed by atoms with E-state index in [2.05, 4.69) is 58.8 Å². The van der Waals surface area contributed by atoms with Crippen LogP contribution in [0.1, 0.15) is 40.5 Å². The Morgan fingerprint density at radius 2 is 1.69 bits per heavy atom. The SMILES string of the molecule is CCC[C@H](C#C[Si](C)(C)C)[C@@H](O)C(C)(C)C. The van der Waals surface area contributed by atoms with Crippen molar-refractivity contribution in [3.63, 3.8) is 0 Å². The highest BCUT2D eigenvalue weighted by Crippen LogP contribution is 2.27. The van der Waals surface area contributed by atoms with Gasteiger partial charge in [-0.05, 0) is 11.8 Å². The maximum absolute atomic E-state index is 10.3. The second-order valence-electron chi connectivity index (χ2n) is 6.73. The molecule has 2 heteroatoms. The van der Waals surface area contributed by atoms with E-state index in [0.29, 0.717) is 0 Å². The topological polar surface area (TPSA) is 20.2 Å². The van der Waals surface area contributed by atoms with E-state index in [1.165, 1.54) is 0 Å². The average molecular weight is 240 g/mol. The van der Waals surface area contributed by atoms with E-state index in [9.17, 15) is 5.11 Å². The third-order valence-electron chi connectivity index (χ3n) is 2.50. The Morgan fingerprint density at radius 3 is 2.00 bits per heavy atom. The van der Waals surface area contributed by atoms with Gasteiger partial charge in [0.2, 0.25) is 0 Å². The minimum absolute atomic E-state index is 0.0754. The molecule has 0 aromatic rings. The van der Waals surface area contributed by atoms with E-state index in [1.54, 1.807) is 0 Å². The molecule has 1 N–H and O–H groups in total. The lowest BCUT2D eigenvalue weighted by atomic mass is 9.80. The van der Waals surface area contributed by atoms with Crippen molar-refractivity contribution in [2.24, 2.45) is 11.3 Å². The van der Waals surface area contributed by atoms with Crippen molar-refractivity contribution in [1.29, 1.82) is 0 Å². The van der Waals surface area contributed by atoms with Gasteiger partial charge in [-0.25, -0.2) is 0 Å². The second-order valence-corrected chi connectivity index (χ2v) is 11.5. The van der Waals surface area contributed by atoms with Crippen LogP contribution in [0.15, 0.2) is 0 Å². The molecule has 0 aliphatic heterocycles. The molecule has 0 radical (unpaired) electrons. The van der Waals surface area contributed by atoms with Gasteiger partial charge in [0.1, 0.15) is 8.07 Å². The Balaban J connectivity index is 4.80. The van der Waals surface area contributed by atoms with Crippen LogP contribution < -0.4 is 0 Å². The van der Waals surface area contributed by atoms with Crippen LogP contribution in [0, 0.1) is 22.8 Å². The Labute approximate surface area is 103 Å². The van der Waals surface area contributed by atoms with Crippen LogP contribution in [0.5, 0.6) is 0 Å². The van der Waals surface area contributed by atoms with Crippen molar-refractivity contribution in [2.45, 2.75) is 66.3 Å². The molecule has 0 unspecified atom stereocenters. The van der Waals surface area contributed by atoms with Crippen molar-refractivity contribution in [2.75, 3.05) is 0 Å². The standard InChI is InChI=1S/C14H28OSi/c1-8-9-12(10-11-16(5,6)7)13(15)14(2,3)4/h12-13,15H,8-9H2,1-7H3/t12-,13-/m1/s1. The number of aliphatic hydroxyl groups is 1. The van der Waals surface area contributed by atoms with Crippen LogP contribution in [-0.4, -0.2) is 19.3 Å². The summed E-state index contributed by atoms with van der Waals surface area (Å²) >= 11 is 0. The zero-order valence-electron chi connectivity index (χ0n) is 12.0. The largest absolute Gasteiger partial charge is 0.391 e. The predicted octanol–water partition coefficient (Wildman–Crippen LogP) is 3.69. The Hall–Kier alpha value is -0.263. The second kappa shape index (κ2) is 5.89. The normalized spacial score (nSPS) is 16.2. The lowest BCUT2D eigenvalue weighted by Gasteiger charge is -2.30. The summed E-state index contributed by atoms with van der Waals surface area (Å²) in [6, 6.07) is 0. The van der Waals surface area contributed by atoms with E-state index in [4.69, 9.17) is 0 Å². The summed E-state index contributed by atoms with van der Waals surface area (Å²) < 4.78 is 0. The van der Waals surface area contributed by atoms with E-state index in [0.717, 1.165) is 12.8 Å². The van der Waals surface area contributed by atoms with Crippen LogP contribution >= 0.6 is 0 Å². The van der Waals surface area contributed by atoms with Crippen molar-refractivity contribution in [1.82, 2.24) is 0 Å². The fraction of sp³-hybridized carbons (Fsp3) is 0.857. The molecule has 0 bridgehead atoms. The molecule has 0 aromatic heterocycles. The Morgan fingerprint density at radius 1 is 1.19 bits per heavy atom. The van der Waals surface area contributed by atoms with Gasteiger partial charge in [0, 0.05) is 5.92 Å². The molecule has 0 fully saturated rings. The van der Waals surface area contributed by atoms with Crippen LogP contribution in [0.3, 0.4) is 0 Å². The van der Waals surface area contributed by atoms with E-state index in [-0.39, 0.29) is 17.4 Å². The molecule has 0 rings (SSSR count). The molecule has 0 aromatic carbocycles. The van der Waals surface area contributed by atoms with Gasteiger partial charge in [-0.2, -0.15) is 0 Å². The molecule has 0 aliphatic carbocycles. The molecule has 94 valence electrons. The lowest BCUT2D eigenvalue weighted by Crippen LogP contribution is -2.33. The zero-order valence-corrected chi connectivity index (χ0v) is 13.0. The fourth-order valence-corrected chi connectivity index (χ4v) is 2.15. The summed E-state index contributed by atoms with van der Waals surface area (Å²) in [4.78, 5) is 0. The quantitative estimate of drug-likeness (QED) is 0.589. The first-order valence-electron chi connectivity index (χ1n) is 6.28. The molecule has 0 saturated heterocycles. The summed E-state index contributed by atoms with van der Waals surface area (Å²) in [5.41, 5.74) is 3.31. The van der Waals surface area contributed by atoms with Gasteiger partial charge >= 0.3 is 0 Å². The smallest absolute Gasteiger partial charge is 0.129 e. The summed E-state index contributed by atoms with van der Waals surface area (Å²) in [6.45, 7) is 15.1. The molecular formula is C14H28OSi. The lowest BCUT2D eigenvalue weighted by molar-refractivity contribution is 0.0283. The van der Waals surface area contributed by atoms with Crippen LogP contribution in [0.4, 0.5) is 0 Å². The van der Waals surface area contributed by atoms with Gasteiger partial charge < -0.3 is 5.11 Å². The highest BCUT2D eigenvalue weighted by molar-refractivity contribution is 6.83. The van der Waals surface area contributed by atoms with E-state index >= 15 is 0 Å². The molecule has 0 heterocycles. The third kappa shape index (κ3) is 6.35. The zero-order chi connectivity index (χ0) is 13.0. The summed E-state index contributed by atoms with van der Waals surface area (Å²) in [6.07, 6.45) is 1.75. The third-order valence-corrected chi connectivity index (χ3v) is 3.40. The molecule has 0 amide bonds. The molecular weight excluding hydrogens is 212 g/mol. The average Bonchev–Trinajstić information content (AvgIpc) is 2.08. The summed E-state index contributed by atoms with van der Waals surface area (Å²) in [7, 11) is -1.33. The van der Waals surface area contributed by atoms with Gasteiger partial charge in [-0.1, -0.05) is 53.8 Å². The van der Waals surface area contributed by atoms with Gasteiger partial charge in [-0.3, -0.25) is 0 Å². The molecule has 1 nitrogen and oxygen atoms in total. The molecule has 2 atom stereocenters. The fourth-order valence-electron chi connectivity index (χ4n) is 1.53. The first-order valence-corrected chi connectivity index (χ1v) is 9.78. The highest BCUT2D eigenvalue weighted by atomic mass is 28.3. The Kier molecular flexibility index (Phi) is 5.79. The predicted molar refractivity (Wildman–Crippen MR) is 75.0 cm³/mol. The van der Waals surface area contributed by atoms with Gasteiger partial charge in [-0.15, -0.1) is 11.5 Å². The van der Waals surface area contributed by atoms with Gasteiger partial charge in [0.15, 0.2) is 0 Å². The van der Waals surface area contributed by atoms with Crippen LogP contribution in [0.25, 0.3) is 0 Å². The number of rotatable bonds is 3. The van der Waals surface area contributed by atoms with Crippen LogP contribution in [0.2, 0.25) is 19.6 Å². The van der Waals surface area contributed by atoms with Crippen molar-refractivity contribution < 1.29 is 5.11 Å². The molecule has 0 aliphatic rings. The number of hydrogen-bond acceptors (Lipinski definition) is 1. The van der Waals surface area contributed by atoms with E-state index < -0.39 is 8.07 Å². The minimum Gasteiger partial charge on any atom is -0.391 e. The number of aliphatic hydroxyl groups excluding tert-OH is 1. The van der Waals surface area contributed by atoms with Gasteiger partial charge in [0.05, 0.1) is 6.10 Å². The first kappa shape index (κ1) is 15.7. The minimum atomic E-state index is -1.33. The monoisotopic (exact) mass is 240 g/mol. The van der Waals surface area contributed by atoms with Crippen LogP contribution in [-0.2, 0) is 0 Å².